The summed E-state index contributed by atoms with van der Waals surface area (Å²) in [4.78, 5) is 12.3. The van der Waals surface area contributed by atoms with Crippen molar-refractivity contribution in [1.29, 1.82) is 0 Å². The number of nitrogens with one attached hydrogen (secondary N) is 1. The lowest BCUT2D eigenvalue weighted by atomic mass is 10.1. The van der Waals surface area contributed by atoms with Crippen molar-refractivity contribution < 1.29 is 4.79 Å². The van der Waals surface area contributed by atoms with Crippen LogP contribution in [0.2, 0.25) is 0 Å². The second-order valence-corrected chi connectivity index (χ2v) is 4.71. The highest BCUT2D eigenvalue weighted by molar-refractivity contribution is 5.94. The number of carbonyl (C=O) groups excluding carboxylic acids is 1. The number of nitrogens with zero attached hydrogens (tertiary/aromatic N) is 2. The third-order valence-electron chi connectivity index (χ3n) is 3.06. The Labute approximate surface area is 124 Å². The number of nitrogens with two attached hydrogens (primary N) is 1. The first-order valence-corrected chi connectivity index (χ1v) is 6.71. The number of hydrogen-bond donors (Lipinski definition) is 2. The van der Waals surface area contributed by atoms with Crippen LogP contribution in [-0.2, 0) is 4.79 Å². The molecule has 0 saturated heterocycles. The van der Waals surface area contributed by atoms with Gasteiger partial charge in [-0.2, -0.15) is 5.10 Å². The standard InChI is InChI=1S/C16H18N4O/c1-12-6-7-15(14(11-12)5-3-8-17)19-16(21)13(2)20-10-4-9-18-20/h4,6-7,9-11,13H,8,17H2,1-2H3,(H,19,21). The Hall–Kier alpha value is -2.58. The van der Waals surface area contributed by atoms with Crippen molar-refractivity contribution in [2.75, 3.05) is 11.9 Å². The molecule has 1 amide bonds. The normalized spacial score (nSPS) is 11.4. The van der Waals surface area contributed by atoms with Crippen LogP contribution >= 0.6 is 0 Å². The molecule has 21 heavy (non-hydrogen) atoms. The van der Waals surface area contributed by atoms with Crippen molar-refractivity contribution in [2.24, 2.45) is 5.73 Å². The van der Waals surface area contributed by atoms with E-state index in [0.29, 0.717) is 5.69 Å². The zero-order valence-corrected chi connectivity index (χ0v) is 12.1. The zero-order valence-electron chi connectivity index (χ0n) is 12.1. The van der Waals surface area contributed by atoms with Gasteiger partial charge in [0.2, 0.25) is 5.91 Å². The number of anilines is 1. The summed E-state index contributed by atoms with van der Waals surface area (Å²) in [5.74, 6) is 5.65. The molecule has 0 aliphatic heterocycles. The van der Waals surface area contributed by atoms with Gasteiger partial charge in [0, 0.05) is 18.0 Å². The van der Waals surface area contributed by atoms with Gasteiger partial charge in [-0.15, -0.1) is 0 Å². The Morgan fingerprint density at radius 1 is 1.52 bits per heavy atom. The second-order valence-electron chi connectivity index (χ2n) is 4.71. The first-order chi connectivity index (χ1) is 10.1. The summed E-state index contributed by atoms with van der Waals surface area (Å²) in [7, 11) is 0. The van der Waals surface area contributed by atoms with E-state index in [1.807, 2.05) is 25.1 Å². The molecule has 1 unspecified atom stereocenters. The largest absolute Gasteiger partial charge is 0.323 e. The van der Waals surface area contributed by atoms with Crippen molar-refractivity contribution in [3.05, 3.63) is 47.8 Å². The Balaban J connectivity index is 2.21. The summed E-state index contributed by atoms with van der Waals surface area (Å²) in [5, 5.41) is 6.97. The average molecular weight is 282 g/mol. The van der Waals surface area contributed by atoms with Gasteiger partial charge in [-0.25, -0.2) is 0 Å². The number of amides is 1. The molecule has 108 valence electrons. The second kappa shape index (κ2) is 6.73. The fourth-order valence-corrected chi connectivity index (χ4v) is 1.88. The number of hydrogen-bond acceptors (Lipinski definition) is 3. The molecule has 0 radical (unpaired) electrons. The van der Waals surface area contributed by atoms with E-state index in [1.165, 1.54) is 0 Å². The Morgan fingerprint density at radius 2 is 2.33 bits per heavy atom. The molecule has 2 aromatic rings. The average Bonchev–Trinajstić information content (AvgIpc) is 3.00. The maximum Gasteiger partial charge on any atom is 0.248 e. The predicted octanol–water partition coefficient (Wildman–Crippen LogP) is 1.70. The van der Waals surface area contributed by atoms with Crippen molar-refractivity contribution in [3.8, 4) is 11.8 Å². The van der Waals surface area contributed by atoms with Crippen LogP contribution in [0.25, 0.3) is 0 Å². The van der Waals surface area contributed by atoms with E-state index < -0.39 is 6.04 Å². The van der Waals surface area contributed by atoms with Gasteiger partial charge in [-0.3, -0.25) is 9.48 Å². The van der Waals surface area contributed by atoms with Crippen molar-refractivity contribution in [3.63, 3.8) is 0 Å². The molecule has 1 aromatic heterocycles. The molecule has 5 heteroatoms. The first-order valence-electron chi connectivity index (χ1n) is 6.71. The molecule has 0 fully saturated rings. The van der Waals surface area contributed by atoms with Gasteiger partial charge in [0.25, 0.3) is 0 Å². The van der Waals surface area contributed by atoms with Gasteiger partial charge in [0.1, 0.15) is 6.04 Å². The fourth-order valence-electron chi connectivity index (χ4n) is 1.88. The first kappa shape index (κ1) is 14.8. The number of rotatable bonds is 3. The SMILES string of the molecule is Cc1ccc(NC(=O)C(C)n2cccn2)c(C#CCN)c1. The number of carbonyl (C=O) groups is 1. The van der Waals surface area contributed by atoms with E-state index in [2.05, 4.69) is 22.3 Å². The van der Waals surface area contributed by atoms with Gasteiger partial charge in [0.15, 0.2) is 0 Å². The van der Waals surface area contributed by atoms with Crippen LogP contribution in [0.5, 0.6) is 0 Å². The molecule has 5 nitrogen and oxygen atoms in total. The number of benzene rings is 1. The van der Waals surface area contributed by atoms with Crippen LogP contribution in [0.15, 0.2) is 36.7 Å². The van der Waals surface area contributed by atoms with Gasteiger partial charge in [0.05, 0.1) is 12.2 Å². The third kappa shape index (κ3) is 3.71. The van der Waals surface area contributed by atoms with E-state index in [1.54, 1.807) is 30.1 Å². The quantitative estimate of drug-likeness (QED) is 0.842. The molecule has 0 spiro atoms. The lowest BCUT2D eigenvalue weighted by Crippen LogP contribution is -2.24. The summed E-state index contributed by atoms with van der Waals surface area (Å²) < 4.78 is 1.61. The molecule has 1 aromatic carbocycles. The minimum absolute atomic E-state index is 0.140. The lowest BCUT2D eigenvalue weighted by molar-refractivity contribution is -0.119. The van der Waals surface area contributed by atoms with Crippen molar-refractivity contribution >= 4 is 11.6 Å². The van der Waals surface area contributed by atoms with Gasteiger partial charge in [-0.05, 0) is 37.6 Å². The van der Waals surface area contributed by atoms with E-state index in [4.69, 9.17) is 5.73 Å². The van der Waals surface area contributed by atoms with Crippen LogP contribution in [0, 0.1) is 18.8 Å². The third-order valence-corrected chi connectivity index (χ3v) is 3.06. The Kier molecular flexibility index (Phi) is 4.75. The summed E-state index contributed by atoms with van der Waals surface area (Å²) in [5.41, 5.74) is 7.93. The fraction of sp³-hybridized carbons (Fsp3) is 0.250. The molecule has 2 rings (SSSR count). The van der Waals surface area contributed by atoms with E-state index in [-0.39, 0.29) is 12.5 Å². The number of aryl methyl sites for hydroxylation is 1. The van der Waals surface area contributed by atoms with Crippen LogP contribution < -0.4 is 11.1 Å². The molecular weight excluding hydrogens is 264 g/mol. The smallest absolute Gasteiger partial charge is 0.248 e. The molecule has 0 aliphatic carbocycles. The topological polar surface area (TPSA) is 72.9 Å². The molecule has 0 saturated carbocycles. The highest BCUT2D eigenvalue weighted by Gasteiger charge is 2.16. The van der Waals surface area contributed by atoms with Gasteiger partial charge >= 0.3 is 0 Å². The van der Waals surface area contributed by atoms with Crippen LogP contribution in [-0.4, -0.2) is 22.2 Å². The van der Waals surface area contributed by atoms with Gasteiger partial charge in [-0.1, -0.05) is 17.9 Å². The molecule has 1 atom stereocenters. The van der Waals surface area contributed by atoms with Crippen molar-refractivity contribution in [2.45, 2.75) is 19.9 Å². The molecule has 0 aliphatic rings. The van der Waals surface area contributed by atoms with Crippen molar-refractivity contribution in [1.82, 2.24) is 9.78 Å². The number of aromatic nitrogens is 2. The maximum absolute atomic E-state index is 12.3. The molecule has 3 N–H and O–H groups in total. The zero-order chi connectivity index (χ0) is 15.2. The van der Waals surface area contributed by atoms with Crippen LogP contribution in [0.3, 0.4) is 0 Å². The highest BCUT2D eigenvalue weighted by atomic mass is 16.2. The highest BCUT2D eigenvalue weighted by Crippen LogP contribution is 2.18. The Morgan fingerprint density at radius 3 is 3.00 bits per heavy atom. The van der Waals surface area contributed by atoms with Gasteiger partial charge < -0.3 is 11.1 Å². The van der Waals surface area contributed by atoms with E-state index >= 15 is 0 Å². The maximum atomic E-state index is 12.3. The molecule has 0 bridgehead atoms. The predicted molar refractivity (Wildman–Crippen MR) is 82.7 cm³/mol. The monoisotopic (exact) mass is 282 g/mol. The molecular formula is C16H18N4O. The molecule has 1 heterocycles. The van der Waals surface area contributed by atoms with Crippen LogP contribution in [0.1, 0.15) is 24.1 Å². The Bertz CT molecular complexity index is 680. The minimum atomic E-state index is -0.392. The summed E-state index contributed by atoms with van der Waals surface area (Å²) in [6.07, 6.45) is 3.41. The summed E-state index contributed by atoms with van der Waals surface area (Å²) in [6.45, 7) is 4.05. The summed E-state index contributed by atoms with van der Waals surface area (Å²) >= 11 is 0. The van der Waals surface area contributed by atoms with E-state index in [0.717, 1.165) is 11.1 Å². The van der Waals surface area contributed by atoms with Crippen LogP contribution in [0.4, 0.5) is 5.69 Å². The van der Waals surface area contributed by atoms with E-state index in [9.17, 15) is 4.79 Å². The lowest BCUT2D eigenvalue weighted by Gasteiger charge is -2.14. The summed E-state index contributed by atoms with van der Waals surface area (Å²) in [6, 6.07) is 7.10. The minimum Gasteiger partial charge on any atom is -0.323 e.